The highest BCUT2D eigenvalue weighted by molar-refractivity contribution is 6.32. The molecule has 0 amide bonds. The number of esters is 2. The Kier molecular flexibility index (Phi) is 8.16. The molecule has 1 aromatic heterocycles. The van der Waals surface area contributed by atoms with E-state index in [2.05, 4.69) is 6.58 Å². The van der Waals surface area contributed by atoms with Gasteiger partial charge in [-0.1, -0.05) is 24.3 Å². The molecule has 14 heteroatoms. The first kappa shape index (κ1) is 28.0. The third-order valence-corrected chi connectivity index (χ3v) is 5.92. The van der Waals surface area contributed by atoms with Crippen molar-refractivity contribution in [1.82, 2.24) is 9.13 Å². The molecule has 2 aromatic rings. The van der Waals surface area contributed by atoms with Gasteiger partial charge in [-0.25, -0.2) is 23.3 Å². The Morgan fingerprint density at radius 1 is 1.16 bits per heavy atom. The Bertz CT molecular complexity index is 1340. The number of nitrogens with zero attached hydrogens (tertiary/aromatic N) is 2. The minimum Gasteiger partial charge on any atom is -0.474 e. The molecule has 0 saturated heterocycles. The minimum atomic E-state index is -5.01. The van der Waals surface area contributed by atoms with Gasteiger partial charge in [0.1, 0.15) is 23.9 Å². The van der Waals surface area contributed by atoms with Gasteiger partial charge in [0.05, 0.1) is 10.7 Å². The summed E-state index contributed by atoms with van der Waals surface area (Å²) in [4.78, 5) is 49.6. The molecule has 1 saturated carbocycles. The monoisotopic (exact) mass is 548 g/mol. The highest BCUT2D eigenvalue weighted by Gasteiger charge is 2.46. The van der Waals surface area contributed by atoms with Gasteiger partial charge in [0.2, 0.25) is 5.60 Å². The molecule has 1 aromatic carbocycles. The lowest BCUT2D eigenvalue weighted by Gasteiger charge is -2.28. The number of ether oxygens (including phenoxy) is 3. The summed E-state index contributed by atoms with van der Waals surface area (Å²) in [6, 6.07) is 1.67. The number of carbonyl (C=O) groups excluding carboxylic acids is 2. The van der Waals surface area contributed by atoms with Crippen molar-refractivity contribution in [3.8, 4) is 11.4 Å². The first-order valence-corrected chi connectivity index (χ1v) is 11.2. The van der Waals surface area contributed by atoms with E-state index in [4.69, 9.17) is 25.8 Å². The largest absolute Gasteiger partial charge is 0.474 e. The number of halogens is 5. The standard InChI is InChI=1S/C23H21ClF4N2O7/c1-3-8-35-19(32)12-36-20(33)22(6-4-5-7-22)37-16-10-15(14(25)9-13(16)24)30-18(31)11-17(23(26,27)28)29(2)21(30)34/h3,9-11H,1,4-8,12H2,2H3. The fourth-order valence-corrected chi connectivity index (χ4v) is 4.03. The zero-order chi connectivity index (χ0) is 27.5. The van der Waals surface area contributed by atoms with E-state index in [0.29, 0.717) is 18.9 Å². The number of aromatic nitrogens is 2. The van der Waals surface area contributed by atoms with Crippen LogP contribution in [0.4, 0.5) is 17.6 Å². The van der Waals surface area contributed by atoms with E-state index < -0.39 is 58.8 Å². The van der Waals surface area contributed by atoms with Crippen LogP contribution in [0.3, 0.4) is 0 Å². The van der Waals surface area contributed by atoms with Gasteiger partial charge >= 0.3 is 23.8 Å². The molecule has 0 bridgehead atoms. The third kappa shape index (κ3) is 5.87. The summed E-state index contributed by atoms with van der Waals surface area (Å²) >= 11 is 6.09. The molecule has 3 rings (SSSR count). The van der Waals surface area contributed by atoms with Crippen LogP contribution in [0.25, 0.3) is 5.69 Å². The maximum atomic E-state index is 14.8. The number of carbonyl (C=O) groups is 2. The van der Waals surface area contributed by atoms with E-state index in [-0.39, 0.29) is 45.4 Å². The fourth-order valence-electron chi connectivity index (χ4n) is 3.84. The molecule has 0 spiro atoms. The Morgan fingerprint density at radius 2 is 1.81 bits per heavy atom. The van der Waals surface area contributed by atoms with Crippen molar-refractivity contribution in [2.24, 2.45) is 7.05 Å². The van der Waals surface area contributed by atoms with Gasteiger partial charge in [0.25, 0.3) is 5.56 Å². The van der Waals surface area contributed by atoms with Crippen LogP contribution in [0.2, 0.25) is 5.02 Å². The summed E-state index contributed by atoms with van der Waals surface area (Å²) in [6.45, 7) is 2.59. The lowest BCUT2D eigenvalue weighted by atomic mass is 10.0. The summed E-state index contributed by atoms with van der Waals surface area (Å²) in [7, 11) is 0.774. The molecule has 9 nitrogen and oxygen atoms in total. The Morgan fingerprint density at radius 3 is 2.41 bits per heavy atom. The Labute approximate surface area is 211 Å². The number of hydrogen-bond donors (Lipinski definition) is 0. The molecule has 37 heavy (non-hydrogen) atoms. The maximum absolute atomic E-state index is 14.8. The van der Waals surface area contributed by atoms with E-state index in [1.54, 1.807) is 0 Å². The lowest BCUT2D eigenvalue weighted by Crippen LogP contribution is -2.44. The molecular formula is C23H21ClF4N2O7. The van der Waals surface area contributed by atoms with Crippen LogP contribution < -0.4 is 16.0 Å². The normalized spacial score (nSPS) is 14.8. The van der Waals surface area contributed by atoms with Crippen LogP contribution in [0.1, 0.15) is 31.4 Å². The summed E-state index contributed by atoms with van der Waals surface area (Å²) in [5.74, 6) is -3.30. The van der Waals surface area contributed by atoms with Crippen LogP contribution in [0.5, 0.6) is 5.75 Å². The number of alkyl halides is 3. The number of benzene rings is 1. The fraction of sp³-hybridized carbons (Fsp3) is 0.391. The zero-order valence-corrected chi connectivity index (χ0v) is 20.2. The molecule has 0 aliphatic heterocycles. The van der Waals surface area contributed by atoms with Crippen LogP contribution >= 0.6 is 11.6 Å². The highest BCUT2D eigenvalue weighted by atomic mass is 35.5. The van der Waals surface area contributed by atoms with Gasteiger partial charge in [-0.15, -0.1) is 0 Å². The summed E-state index contributed by atoms with van der Waals surface area (Å²) in [5, 5.41) is -0.345. The summed E-state index contributed by atoms with van der Waals surface area (Å²) in [5.41, 5.74) is -6.82. The van der Waals surface area contributed by atoms with Crippen LogP contribution in [-0.2, 0) is 32.3 Å². The van der Waals surface area contributed by atoms with E-state index in [1.165, 1.54) is 6.08 Å². The first-order valence-electron chi connectivity index (χ1n) is 10.8. The number of rotatable bonds is 8. The van der Waals surface area contributed by atoms with Crippen LogP contribution in [-0.4, -0.2) is 39.9 Å². The molecule has 0 N–H and O–H groups in total. The topological polar surface area (TPSA) is 106 Å². The zero-order valence-electron chi connectivity index (χ0n) is 19.4. The Hall–Kier alpha value is -3.61. The quantitative estimate of drug-likeness (QED) is 0.283. The highest BCUT2D eigenvalue weighted by Crippen LogP contribution is 2.39. The summed E-state index contributed by atoms with van der Waals surface area (Å²) < 4.78 is 70.2. The molecule has 1 aliphatic carbocycles. The third-order valence-electron chi connectivity index (χ3n) is 5.62. The Balaban J connectivity index is 2.00. The molecule has 0 atom stereocenters. The second kappa shape index (κ2) is 10.8. The van der Waals surface area contributed by atoms with Crippen molar-refractivity contribution in [1.29, 1.82) is 0 Å². The predicted octanol–water partition coefficient (Wildman–Crippen LogP) is 3.31. The minimum absolute atomic E-state index is 0.0885. The van der Waals surface area contributed by atoms with Gasteiger partial charge in [-0.05, 0) is 31.7 Å². The van der Waals surface area contributed by atoms with Gasteiger partial charge in [-0.2, -0.15) is 13.2 Å². The van der Waals surface area contributed by atoms with Crippen LogP contribution in [0.15, 0.2) is 40.4 Å². The number of hydrogen-bond acceptors (Lipinski definition) is 7. The van der Waals surface area contributed by atoms with E-state index in [0.717, 1.165) is 13.1 Å². The van der Waals surface area contributed by atoms with Crippen molar-refractivity contribution in [2.75, 3.05) is 13.2 Å². The van der Waals surface area contributed by atoms with Gasteiger partial charge in [-0.3, -0.25) is 9.36 Å². The second-order valence-corrected chi connectivity index (χ2v) is 8.54. The van der Waals surface area contributed by atoms with E-state index in [1.807, 2.05) is 0 Å². The maximum Gasteiger partial charge on any atom is 0.431 e. The SMILES string of the molecule is C=CCOC(=O)COC(=O)C1(Oc2cc(-n3c(=O)cc(C(F)(F)F)n(C)c3=O)c(F)cc2Cl)CCCC1. The van der Waals surface area contributed by atoms with Gasteiger partial charge in [0.15, 0.2) is 6.61 Å². The van der Waals surface area contributed by atoms with E-state index in [9.17, 15) is 36.7 Å². The average Bonchev–Trinajstić information content (AvgIpc) is 3.30. The van der Waals surface area contributed by atoms with Crippen molar-refractivity contribution >= 4 is 23.5 Å². The van der Waals surface area contributed by atoms with Crippen molar-refractivity contribution in [3.05, 3.63) is 68.2 Å². The molecular weight excluding hydrogens is 528 g/mol. The van der Waals surface area contributed by atoms with Crippen LogP contribution in [0, 0.1) is 5.82 Å². The van der Waals surface area contributed by atoms with Gasteiger partial charge < -0.3 is 14.2 Å². The molecule has 0 radical (unpaired) electrons. The molecule has 1 fully saturated rings. The summed E-state index contributed by atoms with van der Waals surface area (Å²) in [6.07, 6.45) is -2.35. The second-order valence-electron chi connectivity index (χ2n) is 8.13. The molecule has 1 heterocycles. The smallest absolute Gasteiger partial charge is 0.431 e. The lowest BCUT2D eigenvalue weighted by molar-refractivity contribution is -0.169. The molecule has 200 valence electrons. The first-order chi connectivity index (χ1) is 17.3. The van der Waals surface area contributed by atoms with E-state index >= 15 is 0 Å². The van der Waals surface area contributed by atoms with Crippen molar-refractivity contribution < 1.29 is 41.4 Å². The predicted molar refractivity (Wildman–Crippen MR) is 121 cm³/mol. The van der Waals surface area contributed by atoms with Crippen molar-refractivity contribution in [3.63, 3.8) is 0 Å². The average molecular weight is 549 g/mol. The van der Waals surface area contributed by atoms with Gasteiger partial charge in [0, 0.05) is 19.2 Å². The molecule has 0 unspecified atom stereocenters. The van der Waals surface area contributed by atoms with Crippen molar-refractivity contribution in [2.45, 2.75) is 37.5 Å². The molecule has 1 aliphatic rings.